The highest BCUT2D eigenvalue weighted by atomic mass is 16.1. The summed E-state index contributed by atoms with van der Waals surface area (Å²) in [4.78, 5) is 32.8. The first-order valence-electron chi connectivity index (χ1n) is 9.23. The van der Waals surface area contributed by atoms with Crippen LogP contribution in [0.5, 0.6) is 0 Å². The third-order valence-electron chi connectivity index (χ3n) is 4.61. The summed E-state index contributed by atoms with van der Waals surface area (Å²) in [5.74, 6) is 0.520. The van der Waals surface area contributed by atoms with Crippen LogP contribution in [-0.2, 0) is 17.8 Å². The maximum Gasteiger partial charge on any atom is 0.274 e. The molecule has 0 aliphatic carbocycles. The van der Waals surface area contributed by atoms with Gasteiger partial charge in [-0.15, -0.1) is 0 Å². The van der Waals surface area contributed by atoms with Gasteiger partial charge >= 0.3 is 0 Å². The minimum Gasteiger partial charge on any atom is -0.349 e. The van der Waals surface area contributed by atoms with Crippen LogP contribution in [0.25, 0.3) is 21.8 Å². The molecule has 2 N–H and O–H groups in total. The summed E-state index contributed by atoms with van der Waals surface area (Å²) in [6, 6.07) is 14.9. The standard InChI is InChI=1S/C21H21N5O2/c1-13(2)26-21(28)15-8-4-3-7-14(15)18(25-26)11-20(27)22-12-19-23-16-9-5-6-10-17(16)24-19/h3-10,13H,11-12H2,1-2H3,(H,22,27)(H,23,24). The molecule has 0 saturated heterocycles. The Morgan fingerprint density at radius 2 is 1.82 bits per heavy atom. The zero-order valence-corrected chi connectivity index (χ0v) is 15.8. The summed E-state index contributed by atoms with van der Waals surface area (Å²) < 4.78 is 1.43. The van der Waals surface area contributed by atoms with Crippen molar-refractivity contribution in [3.8, 4) is 0 Å². The average molecular weight is 375 g/mol. The molecular weight excluding hydrogens is 354 g/mol. The van der Waals surface area contributed by atoms with E-state index in [1.165, 1.54) is 4.68 Å². The minimum absolute atomic E-state index is 0.0885. The smallest absolute Gasteiger partial charge is 0.274 e. The molecule has 4 aromatic rings. The third kappa shape index (κ3) is 3.38. The molecule has 1 amide bonds. The van der Waals surface area contributed by atoms with Gasteiger partial charge in [-0.25, -0.2) is 9.67 Å². The molecule has 0 spiro atoms. The van der Waals surface area contributed by atoms with Gasteiger partial charge in [0.1, 0.15) is 5.82 Å². The highest BCUT2D eigenvalue weighted by molar-refractivity contribution is 5.88. The summed E-state index contributed by atoms with van der Waals surface area (Å²) in [5.41, 5.74) is 2.25. The van der Waals surface area contributed by atoms with Gasteiger partial charge < -0.3 is 10.3 Å². The van der Waals surface area contributed by atoms with Gasteiger partial charge in [-0.2, -0.15) is 5.10 Å². The van der Waals surface area contributed by atoms with Crippen molar-refractivity contribution in [2.75, 3.05) is 0 Å². The Balaban J connectivity index is 1.56. The second-order valence-electron chi connectivity index (χ2n) is 6.99. The summed E-state index contributed by atoms with van der Waals surface area (Å²) in [6.07, 6.45) is 0.0910. The molecule has 142 valence electrons. The van der Waals surface area contributed by atoms with E-state index in [1.54, 1.807) is 6.07 Å². The normalized spacial score (nSPS) is 11.4. The number of aromatic nitrogens is 4. The summed E-state index contributed by atoms with van der Waals surface area (Å²) in [5, 5.41) is 8.61. The number of fused-ring (bicyclic) bond motifs is 2. The Hall–Kier alpha value is -3.48. The fraction of sp³-hybridized carbons (Fsp3) is 0.238. The number of amides is 1. The number of hydrogen-bond donors (Lipinski definition) is 2. The molecule has 0 aliphatic rings. The number of carbonyl (C=O) groups is 1. The SMILES string of the molecule is CC(C)n1nc(CC(=O)NCc2nc3ccccc3[nH]2)c2ccccc2c1=O. The van der Waals surface area contributed by atoms with Crippen LogP contribution in [0, 0.1) is 0 Å². The van der Waals surface area contributed by atoms with E-state index in [1.807, 2.05) is 56.3 Å². The predicted octanol–water partition coefficient (Wildman–Crippen LogP) is 2.71. The summed E-state index contributed by atoms with van der Waals surface area (Å²) >= 11 is 0. The number of hydrogen-bond acceptors (Lipinski definition) is 4. The quantitative estimate of drug-likeness (QED) is 0.561. The molecule has 7 heteroatoms. The van der Waals surface area contributed by atoms with E-state index in [0.29, 0.717) is 28.8 Å². The molecular formula is C21H21N5O2. The van der Waals surface area contributed by atoms with Crippen LogP contribution < -0.4 is 10.9 Å². The highest BCUT2D eigenvalue weighted by Gasteiger charge is 2.15. The van der Waals surface area contributed by atoms with Crippen molar-refractivity contribution < 1.29 is 4.79 Å². The van der Waals surface area contributed by atoms with Crippen molar-refractivity contribution >= 4 is 27.7 Å². The highest BCUT2D eigenvalue weighted by Crippen LogP contribution is 2.15. The molecule has 0 bridgehead atoms. The van der Waals surface area contributed by atoms with E-state index in [2.05, 4.69) is 20.4 Å². The first kappa shape index (κ1) is 17.9. The van der Waals surface area contributed by atoms with E-state index >= 15 is 0 Å². The second kappa shape index (κ2) is 7.26. The van der Waals surface area contributed by atoms with Crippen LogP contribution in [0.4, 0.5) is 0 Å². The Morgan fingerprint density at radius 3 is 2.57 bits per heavy atom. The lowest BCUT2D eigenvalue weighted by Gasteiger charge is -2.13. The Labute approximate surface area is 161 Å². The van der Waals surface area contributed by atoms with Gasteiger partial charge in [0.15, 0.2) is 0 Å². The van der Waals surface area contributed by atoms with Gasteiger partial charge in [-0.3, -0.25) is 9.59 Å². The number of imidazole rings is 1. The number of nitrogens with zero attached hydrogens (tertiary/aromatic N) is 3. The summed E-state index contributed by atoms with van der Waals surface area (Å²) in [7, 11) is 0. The fourth-order valence-electron chi connectivity index (χ4n) is 3.24. The molecule has 0 radical (unpaired) electrons. The second-order valence-corrected chi connectivity index (χ2v) is 6.99. The lowest BCUT2D eigenvalue weighted by molar-refractivity contribution is -0.120. The Bertz CT molecular complexity index is 1190. The van der Waals surface area contributed by atoms with Gasteiger partial charge in [0.25, 0.3) is 5.56 Å². The van der Waals surface area contributed by atoms with Gasteiger partial charge in [0.2, 0.25) is 5.91 Å². The third-order valence-corrected chi connectivity index (χ3v) is 4.61. The monoisotopic (exact) mass is 375 g/mol. The van der Waals surface area contributed by atoms with E-state index in [0.717, 1.165) is 11.0 Å². The molecule has 0 aliphatic heterocycles. The van der Waals surface area contributed by atoms with Crippen LogP contribution in [0.3, 0.4) is 0 Å². The molecule has 2 heterocycles. The zero-order valence-electron chi connectivity index (χ0n) is 15.8. The van der Waals surface area contributed by atoms with E-state index in [9.17, 15) is 9.59 Å². The van der Waals surface area contributed by atoms with Crippen molar-refractivity contribution in [3.63, 3.8) is 0 Å². The van der Waals surface area contributed by atoms with Crippen molar-refractivity contribution in [3.05, 3.63) is 70.4 Å². The van der Waals surface area contributed by atoms with E-state index in [4.69, 9.17) is 0 Å². The molecule has 4 rings (SSSR count). The van der Waals surface area contributed by atoms with Crippen LogP contribution in [0.2, 0.25) is 0 Å². The number of H-pyrrole nitrogens is 1. The molecule has 28 heavy (non-hydrogen) atoms. The van der Waals surface area contributed by atoms with Crippen molar-refractivity contribution in [1.29, 1.82) is 0 Å². The molecule has 2 aromatic carbocycles. The van der Waals surface area contributed by atoms with Crippen LogP contribution >= 0.6 is 0 Å². The van der Waals surface area contributed by atoms with Crippen molar-refractivity contribution in [2.45, 2.75) is 32.9 Å². The lowest BCUT2D eigenvalue weighted by Crippen LogP contribution is -2.29. The van der Waals surface area contributed by atoms with Gasteiger partial charge in [-0.1, -0.05) is 30.3 Å². The maximum atomic E-state index is 12.6. The average Bonchev–Trinajstić information content (AvgIpc) is 3.11. The number of nitrogens with one attached hydrogen (secondary N) is 2. The molecule has 0 fully saturated rings. The van der Waals surface area contributed by atoms with Crippen molar-refractivity contribution in [2.24, 2.45) is 0 Å². The molecule has 0 saturated carbocycles. The van der Waals surface area contributed by atoms with Gasteiger partial charge in [0.05, 0.1) is 41.1 Å². The first-order valence-corrected chi connectivity index (χ1v) is 9.23. The molecule has 0 atom stereocenters. The largest absolute Gasteiger partial charge is 0.349 e. The first-order chi connectivity index (χ1) is 13.5. The molecule has 2 aromatic heterocycles. The number of benzene rings is 2. The van der Waals surface area contributed by atoms with E-state index in [-0.39, 0.29) is 23.9 Å². The fourth-order valence-corrected chi connectivity index (χ4v) is 3.24. The molecule has 7 nitrogen and oxygen atoms in total. The van der Waals surface area contributed by atoms with Gasteiger partial charge in [-0.05, 0) is 32.0 Å². The predicted molar refractivity (Wildman–Crippen MR) is 108 cm³/mol. The van der Waals surface area contributed by atoms with E-state index < -0.39 is 0 Å². The Morgan fingerprint density at radius 1 is 1.11 bits per heavy atom. The number of rotatable bonds is 5. The zero-order chi connectivity index (χ0) is 19.7. The topological polar surface area (TPSA) is 92.7 Å². The molecule has 0 unspecified atom stereocenters. The van der Waals surface area contributed by atoms with Crippen LogP contribution in [-0.4, -0.2) is 25.7 Å². The van der Waals surface area contributed by atoms with Crippen LogP contribution in [0.15, 0.2) is 53.3 Å². The van der Waals surface area contributed by atoms with Crippen LogP contribution in [0.1, 0.15) is 31.4 Å². The Kier molecular flexibility index (Phi) is 4.65. The maximum absolute atomic E-state index is 12.6. The minimum atomic E-state index is -0.174. The number of aromatic amines is 1. The number of carbonyl (C=O) groups excluding carboxylic acids is 1. The van der Waals surface area contributed by atoms with Crippen molar-refractivity contribution in [1.82, 2.24) is 25.1 Å². The number of para-hydroxylation sites is 2. The summed E-state index contributed by atoms with van der Waals surface area (Å²) in [6.45, 7) is 4.10. The van der Waals surface area contributed by atoms with Gasteiger partial charge in [0, 0.05) is 5.39 Å². The lowest BCUT2D eigenvalue weighted by atomic mass is 10.1.